The summed E-state index contributed by atoms with van der Waals surface area (Å²) in [5.41, 5.74) is -1.46. The number of carbonyl (C=O) groups is 3. The predicted molar refractivity (Wildman–Crippen MR) is 133 cm³/mol. The number of carbonyl (C=O) groups excluding carboxylic acids is 2. The van der Waals surface area contributed by atoms with Crippen LogP contribution in [0.4, 0.5) is 4.79 Å². The molecule has 1 aromatic heterocycles. The maximum atomic E-state index is 13.6. The molecule has 0 saturated carbocycles. The Morgan fingerprint density at radius 1 is 1.14 bits per heavy atom. The summed E-state index contributed by atoms with van der Waals surface area (Å²) in [5.74, 6) is -1.01. The van der Waals surface area contributed by atoms with Crippen LogP contribution < -0.4 is 14.8 Å². The molecule has 2 amide bonds. The van der Waals surface area contributed by atoms with Gasteiger partial charge in [-0.3, -0.25) is 4.79 Å². The van der Waals surface area contributed by atoms with Gasteiger partial charge in [0.15, 0.2) is 0 Å². The summed E-state index contributed by atoms with van der Waals surface area (Å²) in [5, 5.41) is 14.1. The molecule has 10 heteroatoms. The van der Waals surface area contributed by atoms with Crippen LogP contribution in [0.5, 0.6) is 11.8 Å². The molecule has 1 aliphatic heterocycles. The lowest BCUT2D eigenvalue weighted by atomic mass is 9.85. The van der Waals surface area contributed by atoms with Crippen molar-refractivity contribution in [2.45, 2.75) is 71.8 Å². The summed E-state index contributed by atoms with van der Waals surface area (Å²) in [7, 11) is 1.50. The van der Waals surface area contributed by atoms with Crippen molar-refractivity contribution in [2.75, 3.05) is 13.7 Å². The van der Waals surface area contributed by atoms with Crippen molar-refractivity contribution >= 4 is 28.7 Å². The first-order valence-electron chi connectivity index (χ1n) is 11.8. The number of methoxy groups -OCH3 is 1. The second-order valence-corrected chi connectivity index (χ2v) is 11.0. The first-order valence-corrected chi connectivity index (χ1v) is 11.8. The number of hydrogen-bond donors (Lipinski definition) is 2. The molecular weight excluding hydrogens is 466 g/mol. The molecule has 0 bridgehead atoms. The zero-order valence-corrected chi connectivity index (χ0v) is 21.8. The molecule has 36 heavy (non-hydrogen) atoms. The number of benzene rings is 1. The quantitative estimate of drug-likeness (QED) is 0.615. The molecule has 3 atom stereocenters. The standard InChI is InChI=1S/C26H35N3O7/c1-25(2,3)20(28-24(33)36-26(4,5)6)22(30)29-14-16(13-18(29)23(31)32)35-21-17-11-9-8-10-15(17)12-19(27-21)34-7/h8-12,16,18,20H,13-14H2,1-7H3,(H,28,33)(H,31,32)/t16-,18+,20-/m1/s1. The number of fused-ring (bicyclic) bond motifs is 1. The Morgan fingerprint density at radius 2 is 1.81 bits per heavy atom. The van der Waals surface area contributed by atoms with Gasteiger partial charge in [0.25, 0.3) is 0 Å². The van der Waals surface area contributed by atoms with Gasteiger partial charge < -0.3 is 29.5 Å². The molecule has 196 valence electrons. The van der Waals surface area contributed by atoms with Gasteiger partial charge in [0, 0.05) is 17.9 Å². The lowest BCUT2D eigenvalue weighted by Crippen LogP contribution is -2.57. The van der Waals surface area contributed by atoms with Crippen LogP contribution in [-0.4, -0.2) is 70.4 Å². The van der Waals surface area contributed by atoms with Crippen LogP contribution in [0, 0.1) is 5.41 Å². The first kappa shape index (κ1) is 27.0. The maximum absolute atomic E-state index is 13.6. The number of aromatic nitrogens is 1. The Labute approximate surface area is 210 Å². The van der Waals surface area contributed by atoms with Crippen molar-refractivity contribution in [3.63, 3.8) is 0 Å². The van der Waals surface area contributed by atoms with Crippen molar-refractivity contribution in [3.05, 3.63) is 30.3 Å². The minimum absolute atomic E-state index is 0.0194. The summed E-state index contributed by atoms with van der Waals surface area (Å²) < 4.78 is 16.8. The molecule has 0 aliphatic carbocycles. The fourth-order valence-corrected chi connectivity index (χ4v) is 4.10. The molecule has 1 aliphatic rings. The third-order valence-electron chi connectivity index (χ3n) is 5.77. The zero-order valence-electron chi connectivity index (χ0n) is 21.8. The Balaban J connectivity index is 1.86. The van der Waals surface area contributed by atoms with E-state index in [1.54, 1.807) is 47.6 Å². The lowest BCUT2D eigenvalue weighted by molar-refractivity contribution is -0.150. The summed E-state index contributed by atoms with van der Waals surface area (Å²) in [4.78, 5) is 43.9. The van der Waals surface area contributed by atoms with E-state index in [0.29, 0.717) is 11.8 Å². The van der Waals surface area contributed by atoms with Gasteiger partial charge >= 0.3 is 12.1 Å². The van der Waals surface area contributed by atoms with Crippen molar-refractivity contribution in [2.24, 2.45) is 5.41 Å². The van der Waals surface area contributed by atoms with Crippen molar-refractivity contribution in [3.8, 4) is 11.8 Å². The molecule has 1 saturated heterocycles. The molecule has 3 rings (SSSR count). The Morgan fingerprint density at radius 3 is 2.39 bits per heavy atom. The molecule has 2 aromatic rings. The SMILES string of the molecule is COc1cc2ccccc2c(O[C@@H]2C[C@@H](C(=O)O)N(C(=O)[C@@H](NC(=O)OC(C)(C)C)C(C)(C)C)C2)n1. The number of nitrogens with zero attached hydrogens (tertiary/aromatic N) is 2. The van der Waals surface area contributed by atoms with Gasteiger partial charge in [0.2, 0.25) is 17.7 Å². The average molecular weight is 502 g/mol. The van der Waals surface area contributed by atoms with E-state index in [-0.39, 0.29) is 13.0 Å². The van der Waals surface area contributed by atoms with Crippen LogP contribution in [0.1, 0.15) is 48.0 Å². The summed E-state index contributed by atoms with van der Waals surface area (Å²) in [6.07, 6.45) is -1.31. The Bertz CT molecular complexity index is 1140. The number of pyridine rings is 1. The largest absolute Gasteiger partial charge is 0.481 e. The number of nitrogens with one attached hydrogen (secondary N) is 1. The third kappa shape index (κ3) is 6.35. The van der Waals surface area contributed by atoms with Crippen molar-refractivity contribution in [1.29, 1.82) is 0 Å². The number of carboxylic acids is 1. The van der Waals surface area contributed by atoms with Gasteiger partial charge in [-0.2, -0.15) is 4.98 Å². The average Bonchev–Trinajstić information content (AvgIpc) is 3.19. The molecule has 0 spiro atoms. The van der Waals surface area contributed by atoms with Gasteiger partial charge in [-0.15, -0.1) is 0 Å². The van der Waals surface area contributed by atoms with E-state index in [4.69, 9.17) is 14.2 Å². The summed E-state index contributed by atoms with van der Waals surface area (Å²) in [6.45, 7) is 10.6. The zero-order chi connectivity index (χ0) is 26.8. The number of ether oxygens (including phenoxy) is 3. The van der Waals surface area contributed by atoms with Gasteiger partial charge in [0.05, 0.1) is 13.7 Å². The number of aliphatic carboxylic acids is 1. The van der Waals surface area contributed by atoms with Gasteiger partial charge in [-0.05, 0) is 37.6 Å². The molecular formula is C26H35N3O7. The van der Waals surface area contributed by atoms with E-state index in [0.717, 1.165) is 10.8 Å². The van der Waals surface area contributed by atoms with E-state index in [9.17, 15) is 19.5 Å². The molecule has 1 aromatic carbocycles. The highest BCUT2D eigenvalue weighted by Gasteiger charge is 2.46. The topological polar surface area (TPSA) is 127 Å². The number of likely N-dealkylation sites (tertiary alicyclic amines) is 1. The maximum Gasteiger partial charge on any atom is 0.408 e. The minimum atomic E-state index is -1.15. The second kappa shape index (κ2) is 10.2. The smallest absolute Gasteiger partial charge is 0.408 e. The Kier molecular flexibility index (Phi) is 7.66. The van der Waals surface area contributed by atoms with Crippen molar-refractivity contribution in [1.82, 2.24) is 15.2 Å². The van der Waals surface area contributed by atoms with E-state index in [1.807, 2.05) is 24.3 Å². The first-order chi connectivity index (χ1) is 16.7. The van der Waals surface area contributed by atoms with Crippen molar-refractivity contribution < 1.29 is 33.7 Å². The van der Waals surface area contributed by atoms with Crippen LogP contribution in [0.3, 0.4) is 0 Å². The normalized spacial score (nSPS) is 19.0. The Hall–Kier alpha value is -3.56. The van der Waals surface area contributed by atoms with Crippen LogP contribution in [0.2, 0.25) is 0 Å². The van der Waals surface area contributed by atoms with Crippen LogP contribution in [0.15, 0.2) is 30.3 Å². The van der Waals surface area contributed by atoms with Gasteiger partial charge in [-0.25, -0.2) is 9.59 Å². The van der Waals surface area contributed by atoms with Crippen LogP contribution in [-0.2, 0) is 14.3 Å². The summed E-state index contributed by atoms with van der Waals surface area (Å²) >= 11 is 0. The molecule has 10 nitrogen and oxygen atoms in total. The highest BCUT2D eigenvalue weighted by molar-refractivity contribution is 5.91. The van der Waals surface area contributed by atoms with E-state index >= 15 is 0 Å². The fourth-order valence-electron chi connectivity index (χ4n) is 4.10. The van der Waals surface area contributed by atoms with E-state index in [2.05, 4.69) is 10.3 Å². The molecule has 0 radical (unpaired) electrons. The second-order valence-electron chi connectivity index (χ2n) is 11.0. The lowest BCUT2D eigenvalue weighted by Gasteiger charge is -2.35. The molecule has 2 N–H and O–H groups in total. The predicted octanol–water partition coefficient (Wildman–Crippen LogP) is 3.62. The number of carboxylic acid groups (broad SMARTS) is 1. The highest BCUT2D eigenvalue weighted by Crippen LogP contribution is 2.32. The summed E-state index contributed by atoms with van der Waals surface area (Å²) in [6, 6.07) is 7.13. The highest BCUT2D eigenvalue weighted by atomic mass is 16.6. The van der Waals surface area contributed by atoms with Gasteiger partial charge in [-0.1, -0.05) is 39.0 Å². The number of hydrogen-bond acceptors (Lipinski definition) is 7. The molecule has 2 heterocycles. The van der Waals surface area contributed by atoms with E-state index < -0.39 is 47.2 Å². The van der Waals surface area contributed by atoms with Crippen LogP contribution in [0.25, 0.3) is 10.8 Å². The molecule has 1 fully saturated rings. The fraction of sp³-hybridized carbons (Fsp3) is 0.538. The van der Waals surface area contributed by atoms with Crippen LogP contribution >= 0.6 is 0 Å². The van der Waals surface area contributed by atoms with E-state index in [1.165, 1.54) is 12.0 Å². The monoisotopic (exact) mass is 501 g/mol. The number of amides is 2. The number of alkyl carbamates (subject to hydrolysis) is 1. The van der Waals surface area contributed by atoms with Gasteiger partial charge in [0.1, 0.15) is 23.8 Å². The molecule has 0 unspecified atom stereocenters. The minimum Gasteiger partial charge on any atom is -0.481 e. The third-order valence-corrected chi connectivity index (χ3v) is 5.77. The number of rotatable bonds is 6.